The van der Waals surface area contributed by atoms with E-state index in [0.717, 1.165) is 10.5 Å². The number of imide groups is 1. The van der Waals surface area contributed by atoms with E-state index in [1.807, 2.05) is 0 Å². The predicted molar refractivity (Wildman–Crippen MR) is 102 cm³/mol. The molecule has 0 atom stereocenters. The number of amides is 3. The number of nitrogens with zero attached hydrogens (tertiary/aromatic N) is 3. The van der Waals surface area contributed by atoms with Crippen LogP contribution in [0.2, 0.25) is 0 Å². The monoisotopic (exact) mass is 382 g/mol. The van der Waals surface area contributed by atoms with E-state index < -0.39 is 0 Å². The molecule has 5 N–H and O–H groups in total. The lowest BCUT2D eigenvalue weighted by molar-refractivity contribution is -0.136. The van der Waals surface area contributed by atoms with Crippen molar-refractivity contribution >= 4 is 23.4 Å². The molecule has 28 heavy (non-hydrogen) atoms. The van der Waals surface area contributed by atoms with E-state index in [9.17, 15) is 14.4 Å². The van der Waals surface area contributed by atoms with Gasteiger partial charge in [-0.1, -0.05) is 0 Å². The molecule has 3 amide bonds. The second-order valence-corrected chi connectivity index (χ2v) is 6.56. The van der Waals surface area contributed by atoms with Crippen LogP contribution in [0.4, 0.5) is 0 Å². The normalized spacial score (nSPS) is 17.9. The molecule has 0 aliphatic carbocycles. The Kier molecular flexibility index (Phi) is 5.44. The average Bonchev–Trinajstić information content (AvgIpc) is 2.91. The molecule has 1 aromatic rings. The van der Waals surface area contributed by atoms with E-state index >= 15 is 0 Å². The van der Waals surface area contributed by atoms with Crippen molar-refractivity contribution in [3.8, 4) is 0 Å². The van der Waals surface area contributed by atoms with Crippen LogP contribution in [0.15, 0.2) is 53.8 Å². The topological polar surface area (TPSA) is 135 Å². The van der Waals surface area contributed by atoms with Crippen LogP contribution in [0.5, 0.6) is 0 Å². The molecule has 2 aliphatic rings. The van der Waals surface area contributed by atoms with Crippen molar-refractivity contribution in [1.29, 1.82) is 0 Å². The number of hydrogen-bond donors (Lipinski definition) is 3. The van der Waals surface area contributed by atoms with Crippen molar-refractivity contribution in [2.24, 2.45) is 11.5 Å². The molecule has 0 aromatic carbocycles. The standard InChI is InChI=1S/C19H22N6O3/c1-24-18(27)13-5-3-9-25(17(13)19(24)28)11-16(26)23-15(21)7-6-14(20)12-4-2-8-22-10-12/h2,4,6-8,10H,3,5,9,11,20-21H2,1H3,(H,23,26)/b14-6-,15-7+. The predicted octanol–water partition coefficient (Wildman–Crippen LogP) is -0.354. The fourth-order valence-corrected chi connectivity index (χ4v) is 3.18. The van der Waals surface area contributed by atoms with Crippen LogP contribution in [0, 0.1) is 0 Å². The van der Waals surface area contributed by atoms with Crippen LogP contribution >= 0.6 is 0 Å². The molecule has 2 aliphatic heterocycles. The molecule has 0 bridgehead atoms. The minimum Gasteiger partial charge on any atom is -0.398 e. The van der Waals surface area contributed by atoms with Crippen LogP contribution in [0.25, 0.3) is 5.70 Å². The van der Waals surface area contributed by atoms with Gasteiger partial charge in [0.1, 0.15) is 11.5 Å². The molecule has 0 unspecified atom stereocenters. The van der Waals surface area contributed by atoms with E-state index in [1.54, 1.807) is 35.5 Å². The largest absolute Gasteiger partial charge is 0.398 e. The molecule has 3 rings (SSSR count). The molecule has 0 spiro atoms. The molecule has 3 heterocycles. The molecule has 0 saturated heterocycles. The number of likely N-dealkylation sites (N-methyl/N-ethyl adjacent to an activating group) is 1. The first-order chi connectivity index (χ1) is 13.4. The third-order valence-electron chi connectivity index (χ3n) is 4.58. The molecule has 1 aromatic heterocycles. The summed E-state index contributed by atoms with van der Waals surface area (Å²) >= 11 is 0. The van der Waals surface area contributed by atoms with Gasteiger partial charge in [0.15, 0.2) is 0 Å². The van der Waals surface area contributed by atoms with Crippen LogP contribution in [-0.4, -0.2) is 52.6 Å². The summed E-state index contributed by atoms with van der Waals surface area (Å²) in [6, 6.07) is 3.57. The Hall–Kier alpha value is -3.62. The van der Waals surface area contributed by atoms with E-state index in [-0.39, 0.29) is 30.1 Å². The van der Waals surface area contributed by atoms with E-state index in [4.69, 9.17) is 11.5 Å². The Balaban J connectivity index is 1.64. The quantitative estimate of drug-likeness (QED) is 0.468. The van der Waals surface area contributed by atoms with Crippen molar-refractivity contribution in [3.63, 3.8) is 0 Å². The maximum atomic E-state index is 12.3. The summed E-state index contributed by atoms with van der Waals surface area (Å²) in [4.78, 5) is 43.4. The Labute approximate surface area is 162 Å². The summed E-state index contributed by atoms with van der Waals surface area (Å²) < 4.78 is 0. The Morgan fingerprint density at radius 2 is 2.07 bits per heavy atom. The number of allylic oxidation sites excluding steroid dienone is 2. The van der Waals surface area contributed by atoms with Gasteiger partial charge < -0.3 is 21.7 Å². The molecular formula is C19H22N6O3. The van der Waals surface area contributed by atoms with Crippen LogP contribution in [0.3, 0.4) is 0 Å². The maximum absolute atomic E-state index is 12.3. The lowest BCUT2D eigenvalue weighted by Gasteiger charge is -2.28. The Bertz CT molecular complexity index is 904. The highest BCUT2D eigenvalue weighted by atomic mass is 16.2. The van der Waals surface area contributed by atoms with Crippen molar-refractivity contribution in [1.82, 2.24) is 20.1 Å². The van der Waals surface area contributed by atoms with Gasteiger partial charge in [0.05, 0.1) is 6.54 Å². The number of rotatable bonds is 5. The number of pyridine rings is 1. The van der Waals surface area contributed by atoms with Gasteiger partial charge in [-0.3, -0.25) is 24.3 Å². The number of aromatic nitrogens is 1. The van der Waals surface area contributed by atoms with Gasteiger partial charge >= 0.3 is 0 Å². The number of carbonyl (C=O) groups is 3. The van der Waals surface area contributed by atoms with Gasteiger partial charge in [-0.15, -0.1) is 0 Å². The molecule has 9 nitrogen and oxygen atoms in total. The van der Waals surface area contributed by atoms with Gasteiger partial charge in [0.25, 0.3) is 11.8 Å². The van der Waals surface area contributed by atoms with E-state index in [0.29, 0.717) is 36.4 Å². The third-order valence-corrected chi connectivity index (χ3v) is 4.58. The van der Waals surface area contributed by atoms with Gasteiger partial charge in [-0.25, -0.2) is 0 Å². The Morgan fingerprint density at radius 1 is 1.29 bits per heavy atom. The fourth-order valence-electron chi connectivity index (χ4n) is 3.18. The smallest absolute Gasteiger partial charge is 0.277 e. The van der Waals surface area contributed by atoms with Gasteiger partial charge in [-0.05, 0) is 37.1 Å². The number of nitrogens with two attached hydrogens (primary N) is 2. The Morgan fingerprint density at radius 3 is 2.79 bits per heavy atom. The first-order valence-electron chi connectivity index (χ1n) is 8.82. The van der Waals surface area contributed by atoms with Crippen molar-refractivity contribution in [2.75, 3.05) is 20.1 Å². The summed E-state index contributed by atoms with van der Waals surface area (Å²) in [7, 11) is 1.45. The van der Waals surface area contributed by atoms with Crippen molar-refractivity contribution in [2.45, 2.75) is 12.8 Å². The van der Waals surface area contributed by atoms with Crippen LogP contribution < -0.4 is 16.8 Å². The minimum atomic E-state index is -0.384. The van der Waals surface area contributed by atoms with Gasteiger partial charge in [0.2, 0.25) is 5.91 Å². The summed E-state index contributed by atoms with van der Waals surface area (Å²) in [5.74, 6) is -0.927. The van der Waals surface area contributed by atoms with E-state index in [1.165, 1.54) is 13.1 Å². The number of carbonyl (C=O) groups excluding carboxylic acids is 3. The zero-order valence-corrected chi connectivity index (χ0v) is 15.5. The lowest BCUT2D eigenvalue weighted by atomic mass is 10.0. The molecule has 146 valence electrons. The lowest BCUT2D eigenvalue weighted by Crippen LogP contribution is -2.41. The second kappa shape index (κ2) is 7.95. The molecular weight excluding hydrogens is 360 g/mol. The van der Waals surface area contributed by atoms with Crippen molar-refractivity contribution in [3.05, 3.63) is 59.3 Å². The third kappa shape index (κ3) is 3.88. The molecule has 0 saturated carbocycles. The summed E-state index contributed by atoms with van der Waals surface area (Å²) in [6.45, 7) is 0.457. The SMILES string of the molecule is CN1C(=O)C2=C(C1=O)N(CC(=O)N/C(N)=C/C=C(\N)c1cccnc1)CCC2. The number of nitrogens with one attached hydrogen (secondary N) is 1. The minimum absolute atomic E-state index is 0.0674. The highest BCUT2D eigenvalue weighted by Gasteiger charge is 2.40. The van der Waals surface area contributed by atoms with E-state index in [2.05, 4.69) is 10.3 Å². The highest BCUT2D eigenvalue weighted by molar-refractivity contribution is 6.19. The highest BCUT2D eigenvalue weighted by Crippen LogP contribution is 2.30. The maximum Gasteiger partial charge on any atom is 0.277 e. The van der Waals surface area contributed by atoms with Gasteiger partial charge in [0, 0.05) is 42.8 Å². The summed E-state index contributed by atoms with van der Waals surface area (Å²) in [5.41, 5.74) is 13.8. The first-order valence-corrected chi connectivity index (χ1v) is 8.82. The average molecular weight is 382 g/mol. The number of hydrogen-bond acceptors (Lipinski definition) is 7. The second-order valence-electron chi connectivity index (χ2n) is 6.56. The molecule has 0 radical (unpaired) electrons. The first kappa shape index (κ1) is 19.2. The summed E-state index contributed by atoms with van der Waals surface area (Å²) in [6.07, 6.45) is 7.56. The summed E-state index contributed by atoms with van der Waals surface area (Å²) in [5, 5.41) is 2.56. The zero-order chi connectivity index (χ0) is 20.3. The van der Waals surface area contributed by atoms with Crippen molar-refractivity contribution < 1.29 is 14.4 Å². The molecule has 0 fully saturated rings. The fraction of sp³-hybridized carbons (Fsp3) is 0.263. The van der Waals surface area contributed by atoms with Crippen LogP contribution in [-0.2, 0) is 14.4 Å². The molecule has 9 heteroatoms. The van der Waals surface area contributed by atoms with Gasteiger partial charge in [-0.2, -0.15) is 0 Å². The van der Waals surface area contributed by atoms with Crippen LogP contribution in [0.1, 0.15) is 18.4 Å². The zero-order valence-electron chi connectivity index (χ0n) is 15.5.